The van der Waals surface area contributed by atoms with Gasteiger partial charge in [-0.25, -0.2) is 0 Å². The normalized spacial score (nSPS) is 22.5. The van der Waals surface area contributed by atoms with Gasteiger partial charge in [0.2, 0.25) is 5.91 Å². The molecule has 0 unspecified atom stereocenters. The Morgan fingerprint density at radius 3 is 2.85 bits per heavy atom. The topological polar surface area (TPSA) is 71.0 Å². The average molecular weight is 362 g/mol. The lowest BCUT2D eigenvalue weighted by Crippen LogP contribution is -2.44. The van der Waals surface area contributed by atoms with Crippen LogP contribution in [0.4, 0.5) is 0 Å². The van der Waals surface area contributed by atoms with Crippen LogP contribution in [0.2, 0.25) is 0 Å². The fraction of sp³-hybridized carbons (Fsp3) is 0.650. The first-order valence-corrected chi connectivity index (χ1v) is 9.59. The van der Waals surface area contributed by atoms with E-state index in [1.807, 2.05) is 19.1 Å². The second-order valence-corrected chi connectivity index (χ2v) is 7.41. The van der Waals surface area contributed by atoms with Crippen molar-refractivity contribution >= 4 is 5.91 Å². The van der Waals surface area contributed by atoms with Crippen LogP contribution in [0.15, 0.2) is 18.2 Å². The molecular weight excluding hydrogens is 332 g/mol. The summed E-state index contributed by atoms with van der Waals surface area (Å²) in [5.41, 5.74) is 1.14. The molecule has 2 heterocycles. The predicted octanol–water partition coefficient (Wildman–Crippen LogP) is 2.44. The van der Waals surface area contributed by atoms with Gasteiger partial charge in [0, 0.05) is 33.1 Å². The number of benzene rings is 1. The number of ether oxygens (including phenoxy) is 2. The number of likely N-dealkylation sites (tertiary alicyclic amines) is 1. The Morgan fingerprint density at radius 1 is 1.38 bits per heavy atom. The smallest absolute Gasteiger partial charge is 0.216 e. The average Bonchev–Trinajstić information content (AvgIpc) is 3.01. The summed E-state index contributed by atoms with van der Waals surface area (Å²) >= 11 is 0. The van der Waals surface area contributed by atoms with Gasteiger partial charge in [-0.3, -0.25) is 9.69 Å². The highest BCUT2D eigenvalue weighted by molar-refractivity contribution is 5.72. The molecule has 1 spiro atoms. The summed E-state index contributed by atoms with van der Waals surface area (Å²) in [7, 11) is 0. The first-order chi connectivity index (χ1) is 12.5. The minimum absolute atomic E-state index is 0.00434. The number of carbonyl (C=O) groups excluding carboxylic acids is 1. The summed E-state index contributed by atoms with van der Waals surface area (Å²) in [4.78, 5) is 13.5. The van der Waals surface area contributed by atoms with Gasteiger partial charge in [-0.15, -0.1) is 0 Å². The van der Waals surface area contributed by atoms with Gasteiger partial charge < -0.3 is 19.9 Å². The van der Waals surface area contributed by atoms with E-state index in [0.29, 0.717) is 18.9 Å². The Bertz CT molecular complexity index is 626. The van der Waals surface area contributed by atoms with E-state index in [0.717, 1.165) is 50.9 Å². The Hall–Kier alpha value is -1.79. The number of nitrogens with zero attached hydrogens (tertiary/aromatic N) is 1. The van der Waals surface area contributed by atoms with Crippen molar-refractivity contribution in [3.05, 3.63) is 23.8 Å². The molecule has 144 valence electrons. The monoisotopic (exact) mass is 362 g/mol. The lowest BCUT2D eigenvalue weighted by Gasteiger charge is -2.39. The van der Waals surface area contributed by atoms with Crippen molar-refractivity contribution in [3.8, 4) is 11.5 Å². The Balaban J connectivity index is 1.50. The van der Waals surface area contributed by atoms with Crippen molar-refractivity contribution < 1.29 is 19.4 Å². The molecule has 1 atom stereocenters. The highest BCUT2D eigenvalue weighted by Crippen LogP contribution is 2.39. The standard InChI is InChI=1S/C20H30N2O4/c1-3-25-19-12-16(4-5-18(19)24)14-22-10-8-20(9-11-22)7-6-17(26-20)13-21-15(2)23/h4-5,12,17,24H,3,6-11,13-14H2,1-2H3,(H,21,23)/t17-/m1/s1. The SMILES string of the molecule is CCOc1cc(CN2CCC3(CC[C@H](CNC(C)=O)O3)CC2)ccc1O. The van der Waals surface area contributed by atoms with Crippen LogP contribution in [0.1, 0.15) is 45.1 Å². The minimum atomic E-state index is -0.00886. The maximum atomic E-state index is 11.1. The zero-order chi connectivity index (χ0) is 18.6. The summed E-state index contributed by atoms with van der Waals surface area (Å²) in [6.07, 6.45) is 4.31. The van der Waals surface area contributed by atoms with E-state index in [2.05, 4.69) is 10.2 Å². The highest BCUT2D eigenvalue weighted by Gasteiger charge is 2.42. The van der Waals surface area contributed by atoms with E-state index in [4.69, 9.17) is 9.47 Å². The number of nitrogens with one attached hydrogen (secondary N) is 1. The van der Waals surface area contributed by atoms with Gasteiger partial charge in [0.15, 0.2) is 11.5 Å². The van der Waals surface area contributed by atoms with E-state index in [-0.39, 0.29) is 23.4 Å². The van der Waals surface area contributed by atoms with Gasteiger partial charge in [-0.05, 0) is 50.3 Å². The number of phenols is 1. The largest absolute Gasteiger partial charge is 0.504 e. The molecule has 2 aliphatic heterocycles. The predicted molar refractivity (Wildman–Crippen MR) is 99.3 cm³/mol. The van der Waals surface area contributed by atoms with Gasteiger partial charge in [0.1, 0.15) is 0 Å². The number of amides is 1. The molecule has 0 saturated carbocycles. The number of hydrogen-bond donors (Lipinski definition) is 2. The first-order valence-electron chi connectivity index (χ1n) is 9.59. The molecule has 3 rings (SSSR count). The molecule has 26 heavy (non-hydrogen) atoms. The van der Waals surface area contributed by atoms with Crippen molar-refractivity contribution in [3.63, 3.8) is 0 Å². The zero-order valence-electron chi connectivity index (χ0n) is 15.8. The van der Waals surface area contributed by atoms with Crippen molar-refractivity contribution in [2.75, 3.05) is 26.2 Å². The van der Waals surface area contributed by atoms with Crippen LogP contribution in [-0.2, 0) is 16.1 Å². The number of hydrogen-bond acceptors (Lipinski definition) is 5. The van der Waals surface area contributed by atoms with Crippen LogP contribution in [0, 0.1) is 0 Å². The maximum Gasteiger partial charge on any atom is 0.216 e. The number of rotatable bonds is 6. The van der Waals surface area contributed by atoms with Crippen LogP contribution in [0.3, 0.4) is 0 Å². The number of phenolic OH excluding ortho intramolecular Hbond substituents is 1. The second kappa shape index (κ2) is 8.27. The number of piperidine rings is 1. The molecule has 0 aliphatic carbocycles. The number of aromatic hydroxyl groups is 1. The van der Waals surface area contributed by atoms with E-state index in [1.54, 1.807) is 13.0 Å². The maximum absolute atomic E-state index is 11.1. The highest BCUT2D eigenvalue weighted by atomic mass is 16.5. The molecule has 6 nitrogen and oxygen atoms in total. The molecule has 2 N–H and O–H groups in total. The summed E-state index contributed by atoms with van der Waals surface area (Å²) < 4.78 is 11.8. The third-order valence-electron chi connectivity index (χ3n) is 5.41. The molecule has 2 aliphatic rings. The van der Waals surface area contributed by atoms with Crippen LogP contribution in [-0.4, -0.2) is 53.9 Å². The third kappa shape index (κ3) is 4.68. The molecule has 0 aromatic heterocycles. The molecule has 1 amide bonds. The minimum Gasteiger partial charge on any atom is -0.504 e. The van der Waals surface area contributed by atoms with E-state index < -0.39 is 0 Å². The molecule has 2 saturated heterocycles. The van der Waals surface area contributed by atoms with Crippen molar-refractivity contribution in [1.29, 1.82) is 0 Å². The fourth-order valence-corrected chi connectivity index (χ4v) is 3.97. The molecule has 6 heteroatoms. The molecule has 0 radical (unpaired) electrons. The van der Waals surface area contributed by atoms with E-state index in [9.17, 15) is 9.90 Å². The quantitative estimate of drug-likeness (QED) is 0.813. The summed E-state index contributed by atoms with van der Waals surface area (Å²) in [5.74, 6) is 0.751. The van der Waals surface area contributed by atoms with Crippen molar-refractivity contribution in [2.24, 2.45) is 0 Å². The van der Waals surface area contributed by atoms with E-state index in [1.165, 1.54) is 0 Å². The molecule has 0 bridgehead atoms. The second-order valence-electron chi connectivity index (χ2n) is 7.41. The van der Waals surface area contributed by atoms with Gasteiger partial charge in [-0.1, -0.05) is 6.07 Å². The Morgan fingerprint density at radius 2 is 2.15 bits per heavy atom. The van der Waals surface area contributed by atoms with Gasteiger partial charge in [0.05, 0.1) is 18.3 Å². The Labute approximate surface area is 155 Å². The van der Waals surface area contributed by atoms with E-state index >= 15 is 0 Å². The number of carbonyl (C=O) groups is 1. The van der Waals surface area contributed by atoms with Gasteiger partial charge in [0.25, 0.3) is 0 Å². The molecule has 2 fully saturated rings. The molecule has 1 aromatic carbocycles. The lowest BCUT2D eigenvalue weighted by molar-refractivity contribution is -0.120. The van der Waals surface area contributed by atoms with Crippen LogP contribution in [0.5, 0.6) is 11.5 Å². The third-order valence-corrected chi connectivity index (χ3v) is 5.41. The first kappa shape index (κ1) is 19.0. The van der Waals surface area contributed by atoms with Crippen molar-refractivity contribution in [2.45, 2.75) is 57.8 Å². The van der Waals surface area contributed by atoms with Crippen LogP contribution in [0.25, 0.3) is 0 Å². The van der Waals surface area contributed by atoms with Gasteiger partial charge in [-0.2, -0.15) is 0 Å². The Kier molecular flexibility index (Phi) is 6.04. The lowest BCUT2D eigenvalue weighted by atomic mass is 9.88. The fourth-order valence-electron chi connectivity index (χ4n) is 3.97. The summed E-state index contributed by atoms with van der Waals surface area (Å²) in [6, 6.07) is 5.59. The molecule has 1 aromatic rings. The molecular formula is C20H30N2O4. The zero-order valence-corrected chi connectivity index (χ0v) is 15.8. The summed E-state index contributed by atoms with van der Waals surface area (Å²) in [5, 5.41) is 12.7. The van der Waals surface area contributed by atoms with Crippen LogP contribution >= 0.6 is 0 Å². The van der Waals surface area contributed by atoms with Crippen molar-refractivity contribution in [1.82, 2.24) is 10.2 Å². The van der Waals surface area contributed by atoms with Crippen LogP contribution < -0.4 is 10.1 Å². The summed E-state index contributed by atoms with van der Waals surface area (Å²) in [6.45, 7) is 7.47. The van der Waals surface area contributed by atoms with Gasteiger partial charge >= 0.3 is 0 Å².